The van der Waals surface area contributed by atoms with Gasteiger partial charge in [-0.1, -0.05) is 70.4 Å². The molecule has 0 N–H and O–H groups in total. The van der Waals surface area contributed by atoms with E-state index in [-0.39, 0.29) is 30.2 Å². The van der Waals surface area contributed by atoms with Gasteiger partial charge in [-0.05, 0) is 56.0 Å². The molecule has 6 heteroatoms. The first-order valence-electron chi connectivity index (χ1n) is 13.8. The molecule has 5 nitrogen and oxygen atoms in total. The van der Waals surface area contributed by atoms with Crippen LogP contribution >= 0.6 is 0 Å². The summed E-state index contributed by atoms with van der Waals surface area (Å²) in [4.78, 5) is 29.9. The van der Waals surface area contributed by atoms with Crippen LogP contribution in [0.15, 0.2) is 40.8 Å². The first-order chi connectivity index (χ1) is 17.5. The molecule has 1 aromatic heterocycles. The molecule has 36 heavy (non-hydrogen) atoms. The Morgan fingerprint density at radius 2 is 1.50 bits per heavy atom. The highest BCUT2D eigenvalue weighted by molar-refractivity contribution is 5.85. The lowest BCUT2D eigenvalue weighted by Gasteiger charge is -2.27. The van der Waals surface area contributed by atoms with Gasteiger partial charge in [0.1, 0.15) is 23.9 Å². The van der Waals surface area contributed by atoms with Crippen LogP contribution in [-0.4, -0.2) is 34.2 Å². The standard InChI is InChI=1S/C30H43FN2O3/c1-3-4-5-6-7-8-9-10-11-12-29(34)33(27-18-19-27)23-30(35)32(22-28-20-13-24(2)36-28)21-25-14-16-26(31)17-15-25/h13-17,20,27H,3-12,18-19,21-23H2,1-2H3. The maximum Gasteiger partial charge on any atom is 0.242 e. The zero-order chi connectivity index (χ0) is 25.8. The van der Waals surface area contributed by atoms with Gasteiger partial charge in [-0.15, -0.1) is 0 Å². The molecule has 2 aromatic rings. The summed E-state index contributed by atoms with van der Waals surface area (Å²) >= 11 is 0. The molecule has 0 saturated heterocycles. The predicted octanol–water partition coefficient (Wildman–Crippen LogP) is 7.17. The summed E-state index contributed by atoms with van der Waals surface area (Å²) in [6, 6.07) is 10.1. The molecule has 1 aliphatic carbocycles. The van der Waals surface area contributed by atoms with Gasteiger partial charge < -0.3 is 14.2 Å². The van der Waals surface area contributed by atoms with Gasteiger partial charge in [0.25, 0.3) is 0 Å². The van der Waals surface area contributed by atoms with Crippen LogP contribution in [0.4, 0.5) is 4.39 Å². The first kappa shape index (κ1) is 27.9. The quantitative estimate of drug-likeness (QED) is 0.217. The van der Waals surface area contributed by atoms with Crippen LogP contribution in [0.5, 0.6) is 0 Å². The van der Waals surface area contributed by atoms with E-state index in [0.717, 1.165) is 37.0 Å². The van der Waals surface area contributed by atoms with Crippen molar-refractivity contribution >= 4 is 11.8 Å². The van der Waals surface area contributed by atoms with Gasteiger partial charge in [-0.2, -0.15) is 0 Å². The zero-order valence-electron chi connectivity index (χ0n) is 22.1. The molecule has 0 bridgehead atoms. The van der Waals surface area contributed by atoms with Gasteiger partial charge in [0.05, 0.1) is 6.54 Å². The number of nitrogens with zero attached hydrogens (tertiary/aromatic N) is 2. The number of rotatable bonds is 17. The number of carbonyl (C=O) groups excluding carboxylic acids is 2. The number of furan rings is 1. The molecule has 3 rings (SSSR count). The Kier molecular flexibility index (Phi) is 11.5. The lowest BCUT2D eigenvalue weighted by atomic mass is 10.1. The summed E-state index contributed by atoms with van der Waals surface area (Å²) < 4.78 is 19.1. The highest BCUT2D eigenvalue weighted by Gasteiger charge is 2.34. The van der Waals surface area contributed by atoms with Crippen molar-refractivity contribution in [2.24, 2.45) is 0 Å². The topological polar surface area (TPSA) is 53.8 Å². The van der Waals surface area contributed by atoms with Crippen LogP contribution in [0.2, 0.25) is 0 Å². The molecule has 1 aromatic carbocycles. The summed E-state index contributed by atoms with van der Waals surface area (Å²) in [7, 11) is 0. The fourth-order valence-corrected chi connectivity index (χ4v) is 4.58. The largest absolute Gasteiger partial charge is 0.464 e. The average molecular weight is 499 g/mol. The number of amides is 2. The monoisotopic (exact) mass is 498 g/mol. The van der Waals surface area contributed by atoms with Gasteiger partial charge >= 0.3 is 0 Å². The average Bonchev–Trinajstić information content (AvgIpc) is 3.63. The molecular formula is C30H43FN2O3. The molecule has 0 radical (unpaired) electrons. The van der Waals surface area contributed by atoms with Crippen LogP contribution in [-0.2, 0) is 22.7 Å². The molecule has 2 amide bonds. The van der Waals surface area contributed by atoms with E-state index < -0.39 is 0 Å². The third kappa shape index (κ3) is 9.79. The summed E-state index contributed by atoms with van der Waals surface area (Å²) in [5.41, 5.74) is 0.840. The second-order valence-corrected chi connectivity index (χ2v) is 10.2. The Bertz CT molecular complexity index is 936. The van der Waals surface area contributed by atoms with E-state index in [4.69, 9.17) is 4.42 Å². The van der Waals surface area contributed by atoms with Crippen molar-refractivity contribution in [2.45, 2.75) is 110 Å². The molecule has 0 atom stereocenters. The third-order valence-corrected chi connectivity index (χ3v) is 6.89. The van der Waals surface area contributed by atoms with Gasteiger partial charge in [0, 0.05) is 19.0 Å². The van der Waals surface area contributed by atoms with E-state index in [2.05, 4.69) is 6.92 Å². The number of halogens is 1. The van der Waals surface area contributed by atoms with E-state index in [9.17, 15) is 14.0 Å². The maximum absolute atomic E-state index is 13.4. The fourth-order valence-electron chi connectivity index (χ4n) is 4.58. The number of aryl methyl sites for hydroxylation is 1. The van der Waals surface area contributed by atoms with Crippen LogP contribution in [0, 0.1) is 12.7 Å². The van der Waals surface area contributed by atoms with Gasteiger partial charge in [0.2, 0.25) is 11.8 Å². The smallest absolute Gasteiger partial charge is 0.242 e. The maximum atomic E-state index is 13.4. The minimum atomic E-state index is -0.305. The molecular weight excluding hydrogens is 455 g/mol. The van der Waals surface area contributed by atoms with E-state index in [1.165, 1.54) is 57.1 Å². The van der Waals surface area contributed by atoms with Crippen molar-refractivity contribution in [1.82, 2.24) is 9.80 Å². The predicted molar refractivity (Wildman–Crippen MR) is 141 cm³/mol. The molecule has 198 valence electrons. The third-order valence-electron chi connectivity index (χ3n) is 6.89. The SMILES string of the molecule is CCCCCCCCCCCC(=O)N(CC(=O)N(Cc1ccc(F)cc1)Cc1ccc(C)o1)C1CC1. The summed E-state index contributed by atoms with van der Waals surface area (Å²) in [5.74, 6) is 1.15. The fraction of sp³-hybridized carbons (Fsp3) is 0.600. The molecule has 0 unspecified atom stereocenters. The zero-order valence-corrected chi connectivity index (χ0v) is 22.1. The summed E-state index contributed by atoms with van der Waals surface area (Å²) in [6.07, 6.45) is 13.3. The molecule has 1 saturated carbocycles. The van der Waals surface area contributed by atoms with Crippen LogP contribution in [0.1, 0.15) is 101 Å². The van der Waals surface area contributed by atoms with Crippen molar-refractivity contribution in [3.63, 3.8) is 0 Å². The molecule has 1 aliphatic rings. The van der Waals surface area contributed by atoms with Crippen molar-refractivity contribution in [1.29, 1.82) is 0 Å². The molecule has 1 fully saturated rings. The van der Waals surface area contributed by atoms with Crippen LogP contribution in [0.25, 0.3) is 0 Å². The first-order valence-corrected chi connectivity index (χ1v) is 13.8. The van der Waals surface area contributed by atoms with Crippen molar-refractivity contribution in [2.75, 3.05) is 6.54 Å². The van der Waals surface area contributed by atoms with Crippen LogP contribution in [0.3, 0.4) is 0 Å². The number of carbonyl (C=O) groups is 2. The van der Waals surface area contributed by atoms with Gasteiger partial charge in [-0.3, -0.25) is 9.59 Å². The number of hydrogen-bond donors (Lipinski definition) is 0. The Labute approximate surface area is 216 Å². The van der Waals surface area contributed by atoms with Crippen molar-refractivity contribution < 1.29 is 18.4 Å². The lowest BCUT2D eigenvalue weighted by molar-refractivity contribution is -0.142. The van der Waals surface area contributed by atoms with Crippen molar-refractivity contribution in [3.8, 4) is 0 Å². The summed E-state index contributed by atoms with van der Waals surface area (Å²) in [6.45, 7) is 4.84. The lowest BCUT2D eigenvalue weighted by Crippen LogP contribution is -2.43. The number of hydrogen-bond acceptors (Lipinski definition) is 3. The Morgan fingerprint density at radius 1 is 0.861 bits per heavy atom. The molecule has 1 heterocycles. The minimum absolute atomic E-state index is 0.0851. The highest BCUT2D eigenvalue weighted by atomic mass is 19.1. The Balaban J connectivity index is 1.51. The summed E-state index contributed by atoms with van der Waals surface area (Å²) in [5, 5.41) is 0. The second-order valence-electron chi connectivity index (χ2n) is 10.2. The minimum Gasteiger partial charge on any atom is -0.464 e. The Hall–Kier alpha value is -2.63. The molecule has 0 spiro atoms. The van der Waals surface area contributed by atoms with Crippen LogP contribution < -0.4 is 0 Å². The number of unbranched alkanes of at least 4 members (excludes halogenated alkanes) is 8. The molecule has 0 aliphatic heterocycles. The van der Waals surface area contributed by atoms with E-state index >= 15 is 0 Å². The number of benzene rings is 1. The van der Waals surface area contributed by atoms with E-state index in [1.807, 2.05) is 19.1 Å². The normalized spacial score (nSPS) is 13.1. The van der Waals surface area contributed by atoms with Gasteiger partial charge in [0.15, 0.2) is 0 Å². The van der Waals surface area contributed by atoms with Crippen molar-refractivity contribution in [3.05, 3.63) is 59.3 Å². The second kappa shape index (κ2) is 14.8. The Morgan fingerprint density at radius 3 is 2.08 bits per heavy atom. The highest BCUT2D eigenvalue weighted by Crippen LogP contribution is 2.28. The van der Waals surface area contributed by atoms with E-state index in [1.54, 1.807) is 21.9 Å². The van der Waals surface area contributed by atoms with E-state index in [0.29, 0.717) is 25.3 Å². The van der Waals surface area contributed by atoms with Gasteiger partial charge in [-0.25, -0.2) is 4.39 Å².